The Bertz CT molecular complexity index is 497. The van der Waals surface area contributed by atoms with Gasteiger partial charge in [0.25, 0.3) is 0 Å². The first-order valence-corrected chi connectivity index (χ1v) is 6.26. The number of allylic oxidation sites excluding steroid dienone is 1. The molecule has 4 rings (SSSR count). The summed E-state index contributed by atoms with van der Waals surface area (Å²) in [6.45, 7) is 2.07. The van der Waals surface area contributed by atoms with Gasteiger partial charge in [-0.05, 0) is 36.6 Å². The Balaban J connectivity index is 1.96. The molecule has 2 bridgehead atoms. The molecule has 0 amide bonds. The van der Waals surface area contributed by atoms with Crippen molar-refractivity contribution in [3.05, 3.63) is 35.5 Å². The zero-order chi connectivity index (χ0) is 12.5. The molecule has 1 aromatic rings. The molecular weight excluding hydrogens is 228 g/mol. The molecule has 0 radical (unpaired) electrons. The quantitative estimate of drug-likeness (QED) is 0.588. The van der Waals surface area contributed by atoms with Gasteiger partial charge in [0, 0.05) is 19.0 Å². The summed E-state index contributed by atoms with van der Waals surface area (Å²) in [5.74, 6) is 0.655. The minimum absolute atomic E-state index is 0.263. The molecule has 3 heterocycles. The first kappa shape index (κ1) is 11.1. The molecule has 3 aliphatic heterocycles. The monoisotopic (exact) mass is 244 g/mol. The highest BCUT2D eigenvalue weighted by molar-refractivity contribution is 6.05. The van der Waals surface area contributed by atoms with E-state index < -0.39 is 0 Å². The van der Waals surface area contributed by atoms with Gasteiger partial charge in [-0.2, -0.15) is 0 Å². The lowest BCUT2D eigenvalue weighted by atomic mass is 9.83. The Morgan fingerprint density at radius 1 is 1.17 bits per heavy atom. The van der Waals surface area contributed by atoms with E-state index in [0.717, 1.165) is 42.9 Å². The van der Waals surface area contributed by atoms with Crippen molar-refractivity contribution in [2.24, 2.45) is 11.1 Å². The average Bonchev–Trinajstić information content (AvgIpc) is 2.42. The summed E-state index contributed by atoms with van der Waals surface area (Å²) in [5.41, 5.74) is 2.84. The molecule has 0 aliphatic carbocycles. The Labute approximate surface area is 106 Å². The van der Waals surface area contributed by atoms with Gasteiger partial charge in [-0.1, -0.05) is 17.3 Å². The first-order chi connectivity index (χ1) is 8.78. The molecule has 0 atom stereocenters. The van der Waals surface area contributed by atoms with Crippen LogP contribution < -0.4 is 0 Å². The molecule has 94 valence electrons. The van der Waals surface area contributed by atoms with E-state index in [1.54, 1.807) is 12.1 Å². The maximum Gasteiger partial charge on any atom is 0.115 e. The van der Waals surface area contributed by atoms with E-state index >= 15 is 0 Å². The minimum atomic E-state index is 0.263. The number of fused-ring (bicyclic) bond motifs is 3. The van der Waals surface area contributed by atoms with E-state index in [9.17, 15) is 10.3 Å². The molecule has 3 saturated heterocycles. The van der Waals surface area contributed by atoms with Crippen molar-refractivity contribution in [2.45, 2.75) is 12.8 Å². The molecule has 0 spiro atoms. The zero-order valence-corrected chi connectivity index (χ0v) is 10.1. The van der Waals surface area contributed by atoms with Crippen LogP contribution >= 0.6 is 0 Å². The molecular formula is C14H16N2O2. The van der Waals surface area contributed by atoms with Crippen molar-refractivity contribution in [1.29, 1.82) is 0 Å². The van der Waals surface area contributed by atoms with Crippen LogP contribution in [0.2, 0.25) is 0 Å². The van der Waals surface area contributed by atoms with Gasteiger partial charge < -0.3 is 15.2 Å². The summed E-state index contributed by atoms with van der Waals surface area (Å²) in [4.78, 5) is 2.27. The smallest absolute Gasteiger partial charge is 0.115 e. The fourth-order valence-corrected chi connectivity index (χ4v) is 2.79. The van der Waals surface area contributed by atoms with Crippen molar-refractivity contribution < 1.29 is 10.3 Å². The summed E-state index contributed by atoms with van der Waals surface area (Å²) in [5, 5.41) is 21.9. The van der Waals surface area contributed by atoms with Crippen LogP contribution in [0.15, 0.2) is 35.1 Å². The van der Waals surface area contributed by atoms with Gasteiger partial charge >= 0.3 is 0 Å². The lowest BCUT2D eigenvalue weighted by molar-refractivity contribution is 0.229. The van der Waals surface area contributed by atoms with E-state index in [1.807, 2.05) is 18.2 Å². The van der Waals surface area contributed by atoms with Gasteiger partial charge in [0.05, 0.1) is 5.70 Å². The second kappa shape index (κ2) is 4.37. The van der Waals surface area contributed by atoms with Crippen LogP contribution in [0.5, 0.6) is 5.75 Å². The van der Waals surface area contributed by atoms with E-state index in [0.29, 0.717) is 5.92 Å². The molecule has 3 aliphatic rings. The topological polar surface area (TPSA) is 56.1 Å². The van der Waals surface area contributed by atoms with Gasteiger partial charge in [-0.15, -0.1) is 0 Å². The third-order valence-corrected chi connectivity index (χ3v) is 3.79. The largest absolute Gasteiger partial charge is 0.508 e. The standard InChI is InChI=1S/C14H16N2O2/c17-12-3-1-10(2-4-12)9-13-14(15-18)11-5-7-16(13)8-6-11/h1-4,9,11,17-18H,5-8H2/b13-9+,15-14-. The van der Waals surface area contributed by atoms with Crippen LogP contribution in [-0.2, 0) is 0 Å². The molecule has 2 N–H and O–H groups in total. The third kappa shape index (κ3) is 1.83. The van der Waals surface area contributed by atoms with Gasteiger partial charge in [0.15, 0.2) is 0 Å². The van der Waals surface area contributed by atoms with E-state index in [4.69, 9.17) is 0 Å². The third-order valence-electron chi connectivity index (χ3n) is 3.79. The number of benzene rings is 1. The Hall–Kier alpha value is -1.97. The predicted molar refractivity (Wildman–Crippen MR) is 69.6 cm³/mol. The van der Waals surface area contributed by atoms with Crippen LogP contribution in [0.4, 0.5) is 0 Å². The summed E-state index contributed by atoms with van der Waals surface area (Å²) < 4.78 is 0. The number of hydrogen-bond acceptors (Lipinski definition) is 4. The fourth-order valence-electron chi connectivity index (χ4n) is 2.79. The number of phenols is 1. The highest BCUT2D eigenvalue weighted by Gasteiger charge is 2.35. The van der Waals surface area contributed by atoms with Crippen molar-refractivity contribution in [3.8, 4) is 5.75 Å². The molecule has 1 aromatic carbocycles. The van der Waals surface area contributed by atoms with Crippen LogP contribution in [0, 0.1) is 5.92 Å². The predicted octanol–water partition coefficient (Wildman–Crippen LogP) is 2.29. The molecule has 0 unspecified atom stereocenters. The number of oxime groups is 1. The Kier molecular flexibility index (Phi) is 2.70. The van der Waals surface area contributed by atoms with Crippen molar-refractivity contribution in [1.82, 2.24) is 4.90 Å². The lowest BCUT2D eigenvalue weighted by Gasteiger charge is -2.42. The molecule has 4 heteroatoms. The Morgan fingerprint density at radius 3 is 2.44 bits per heavy atom. The molecule has 4 nitrogen and oxygen atoms in total. The van der Waals surface area contributed by atoms with E-state index in [-0.39, 0.29) is 5.75 Å². The van der Waals surface area contributed by atoms with Gasteiger partial charge in [0.1, 0.15) is 11.5 Å². The van der Waals surface area contributed by atoms with Gasteiger partial charge in [-0.25, -0.2) is 0 Å². The number of phenolic OH excluding ortho intramolecular Hbond substituents is 1. The fraction of sp³-hybridized carbons (Fsp3) is 0.357. The van der Waals surface area contributed by atoms with E-state index in [2.05, 4.69) is 10.1 Å². The van der Waals surface area contributed by atoms with Gasteiger partial charge in [-0.3, -0.25) is 0 Å². The number of aromatic hydroxyl groups is 1. The summed E-state index contributed by atoms with van der Waals surface area (Å²) in [6, 6.07) is 7.05. The summed E-state index contributed by atoms with van der Waals surface area (Å²) in [6.07, 6.45) is 4.18. The van der Waals surface area contributed by atoms with Crippen LogP contribution in [-0.4, -0.2) is 34.0 Å². The normalized spacial score (nSPS) is 24.1. The maximum absolute atomic E-state index is 9.27. The second-order valence-corrected chi connectivity index (χ2v) is 4.87. The van der Waals surface area contributed by atoms with Crippen LogP contribution in [0.1, 0.15) is 18.4 Å². The second-order valence-electron chi connectivity index (χ2n) is 4.87. The highest BCUT2D eigenvalue weighted by Crippen LogP contribution is 2.33. The van der Waals surface area contributed by atoms with Crippen molar-refractivity contribution >= 4 is 11.8 Å². The minimum Gasteiger partial charge on any atom is -0.508 e. The first-order valence-electron chi connectivity index (χ1n) is 6.26. The van der Waals surface area contributed by atoms with Crippen molar-refractivity contribution in [3.63, 3.8) is 0 Å². The highest BCUT2D eigenvalue weighted by atomic mass is 16.4. The number of hydrogen-bond donors (Lipinski definition) is 2. The number of piperidine rings is 3. The Morgan fingerprint density at radius 2 is 1.83 bits per heavy atom. The SMILES string of the molecule is O/N=C1\C(=C/c2ccc(O)cc2)N2CCC1CC2. The van der Waals surface area contributed by atoms with Crippen LogP contribution in [0.3, 0.4) is 0 Å². The molecule has 0 aromatic heterocycles. The van der Waals surface area contributed by atoms with E-state index in [1.165, 1.54) is 0 Å². The summed E-state index contributed by atoms with van der Waals surface area (Å²) >= 11 is 0. The number of nitrogens with zero attached hydrogens (tertiary/aromatic N) is 2. The molecule has 18 heavy (non-hydrogen) atoms. The lowest BCUT2D eigenvalue weighted by Crippen LogP contribution is -2.46. The molecule has 3 fully saturated rings. The van der Waals surface area contributed by atoms with Gasteiger partial charge in [0.2, 0.25) is 0 Å². The molecule has 0 saturated carbocycles. The summed E-state index contributed by atoms with van der Waals surface area (Å²) in [7, 11) is 0. The van der Waals surface area contributed by atoms with Crippen molar-refractivity contribution in [2.75, 3.05) is 13.1 Å². The average molecular weight is 244 g/mol. The van der Waals surface area contributed by atoms with Crippen LogP contribution in [0.25, 0.3) is 6.08 Å². The zero-order valence-electron chi connectivity index (χ0n) is 10.1. The number of rotatable bonds is 1. The maximum atomic E-state index is 9.27.